The summed E-state index contributed by atoms with van der Waals surface area (Å²) in [7, 11) is 0. The molecule has 0 spiro atoms. The molecule has 0 aliphatic heterocycles. The number of ether oxygens (including phenoxy) is 2. The summed E-state index contributed by atoms with van der Waals surface area (Å²) >= 11 is 0. The van der Waals surface area contributed by atoms with Gasteiger partial charge < -0.3 is 9.47 Å². The minimum Gasteiger partial charge on any atom is -0.490 e. The molecular formula is C29H38O3. The summed E-state index contributed by atoms with van der Waals surface area (Å²) in [5, 5.41) is 0. The zero-order chi connectivity index (χ0) is 22.6. The summed E-state index contributed by atoms with van der Waals surface area (Å²) in [6.07, 6.45) is 16.3. The van der Waals surface area contributed by atoms with E-state index in [1.807, 2.05) is 36.4 Å². The van der Waals surface area contributed by atoms with E-state index in [2.05, 4.69) is 26.0 Å². The van der Waals surface area contributed by atoms with Gasteiger partial charge in [0.15, 0.2) is 0 Å². The maximum absolute atomic E-state index is 12.3. The largest absolute Gasteiger partial charge is 0.490 e. The fourth-order valence-electron chi connectivity index (χ4n) is 4.39. The minimum absolute atomic E-state index is 0.356. The Labute approximate surface area is 193 Å². The van der Waals surface area contributed by atoms with Crippen LogP contribution >= 0.6 is 0 Å². The van der Waals surface area contributed by atoms with Crippen molar-refractivity contribution >= 4 is 5.97 Å². The molecule has 3 nitrogen and oxygen atoms in total. The number of esters is 1. The lowest BCUT2D eigenvalue weighted by atomic mass is 9.79. The molecule has 0 N–H and O–H groups in total. The maximum Gasteiger partial charge on any atom is 0.343 e. The normalized spacial score (nSPS) is 18.6. The van der Waals surface area contributed by atoms with E-state index in [4.69, 9.17) is 9.47 Å². The molecule has 1 saturated carbocycles. The van der Waals surface area contributed by atoms with E-state index >= 15 is 0 Å². The zero-order valence-corrected chi connectivity index (χ0v) is 19.7. The second-order valence-electron chi connectivity index (χ2n) is 8.93. The average Bonchev–Trinajstić information content (AvgIpc) is 2.84. The van der Waals surface area contributed by atoms with Gasteiger partial charge in [-0.3, -0.25) is 0 Å². The van der Waals surface area contributed by atoms with Crippen molar-refractivity contribution < 1.29 is 14.3 Å². The molecule has 3 heteroatoms. The maximum atomic E-state index is 12.3. The molecule has 3 rings (SSSR count). The number of rotatable bonds is 11. The SMILES string of the molecule is CCCCC[C@H]1CC[C@H](/C=C/COc2ccc(C(=O)Oc3ccc(CC)cc3)cc2)CC1. The van der Waals surface area contributed by atoms with Crippen molar-refractivity contribution in [3.05, 3.63) is 71.8 Å². The van der Waals surface area contributed by atoms with E-state index in [1.165, 1.54) is 56.9 Å². The zero-order valence-electron chi connectivity index (χ0n) is 19.7. The highest BCUT2D eigenvalue weighted by molar-refractivity contribution is 5.91. The van der Waals surface area contributed by atoms with Gasteiger partial charge in [-0.05, 0) is 85.9 Å². The molecule has 172 valence electrons. The molecule has 0 unspecified atom stereocenters. The Morgan fingerprint density at radius 2 is 1.59 bits per heavy atom. The molecule has 1 aliphatic rings. The second-order valence-corrected chi connectivity index (χ2v) is 8.93. The van der Waals surface area contributed by atoms with E-state index in [9.17, 15) is 4.79 Å². The van der Waals surface area contributed by atoms with Crippen LogP contribution in [0, 0.1) is 11.8 Å². The fraction of sp³-hybridized carbons (Fsp3) is 0.483. The molecule has 1 fully saturated rings. The summed E-state index contributed by atoms with van der Waals surface area (Å²) in [4.78, 5) is 12.3. The van der Waals surface area contributed by atoms with Gasteiger partial charge in [-0.15, -0.1) is 0 Å². The number of hydrogen-bond donors (Lipinski definition) is 0. The Hall–Kier alpha value is -2.55. The summed E-state index contributed by atoms with van der Waals surface area (Å²) in [5.74, 6) is 2.62. The molecule has 0 amide bonds. The van der Waals surface area contributed by atoms with Crippen LogP contribution in [0.25, 0.3) is 0 Å². The van der Waals surface area contributed by atoms with Gasteiger partial charge in [0.25, 0.3) is 0 Å². The van der Waals surface area contributed by atoms with Gasteiger partial charge in [-0.1, -0.05) is 63.8 Å². The molecule has 0 atom stereocenters. The third-order valence-electron chi connectivity index (χ3n) is 6.49. The Morgan fingerprint density at radius 1 is 0.906 bits per heavy atom. The molecule has 32 heavy (non-hydrogen) atoms. The molecule has 1 aliphatic carbocycles. The van der Waals surface area contributed by atoms with Crippen LogP contribution in [0.4, 0.5) is 0 Å². The van der Waals surface area contributed by atoms with Gasteiger partial charge in [0.05, 0.1) is 5.56 Å². The predicted octanol–water partition coefficient (Wildman–Crippen LogP) is 7.79. The van der Waals surface area contributed by atoms with Crippen molar-refractivity contribution in [2.24, 2.45) is 11.8 Å². The van der Waals surface area contributed by atoms with Crippen LogP contribution in [-0.4, -0.2) is 12.6 Å². The topological polar surface area (TPSA) is 35.5 Å². The molecular weight excluding hydrogens is 396 g/mol. The highest BCUT2D eigenvalue weighted by atomic mass is 16.5. The third-order valence-corrected chi connectivity index (χ3v) is 6.49. The standard InChI is InChI=1S/C29H38O3/c1-3-5-6-8-24-10-12-25(13-11-24)9-7-22-31-27-20-16-26(17-21-27)29(30)32-28-18-14-23(4-2)15-19-28/h7,9,14-21,24-25H,3-6,8,10-13,22H2,1-2H3/b9-7+/t24-,25-. The first-order valence-corrected chi connectivity index (χ1v) is 12.4. The average molecular weight is 435 g/mol. The van der Waals surface area contributed by atoms with E-state index < -0.39 is 0 Å². The van der Waals surface area contributed by atoms with Gasteiger partial charge >= 0.3 is 5.97 Å². The lowest BCUT2D eigenvalue weighted by molar-refractivity contribution is 0.0734. The first kappa shape index (κ1) is 24.1. The van der Waals surface area contributed by atoms with Crippen molar-refractivity contribution in [2.75, 3.05) is 6.61 Å². The van der Waals surface area contributed by atoms with Crippen molar-refractivity contribution in [3.8, 4) is 11.5 Å². The van der Waals surface area contributed by atoms with Crippen LogP contribution in [0.1, 0.15) is 81.1 Å². The first-order chi connectivity index (χ1) is 15.7. The van der Waals surface area contributed by atoms with Gasteiger partial charge in [-0.25, -0.2) is 4.79 Å². The van der Waals surface area contributed by atoms with Crippen LogP contribution in [-0.2, 0) is 6.42 Å². The quantitative estimate of drug-likeness (QED) is 0.157. The number of benzene rings is 2. The first-order valence-electron chi connectivity index (χ1n) is 12.4. The predicted molar refractivity (Wildman–Crippen MR) is 131 cm³/mol. The number of unbranched alkanes of at least 4 members (excludes halogenated alkanes) is 2. The number of aryl methyl sites for hydroxylation is 1. The van der Waals surface area contributed by atoms with Crippen LogP contribution < -0.4 is 9.47 Å². The third kappa shape index (κ3) is 7.85. The van der Waals surface area contributed by atoms with Crippen LogP contribution in [0.5, 0.6) is 11.5 Å². The van der Waals surface area contributed by atoms with Crippen LogP contribution in [0.15, 0.2) is 60.7 Å². The fourth-order valence-corrected chi connectivity index (χ4v) is 4.39. The highest BCUT2D eigenvalue weighted by Gasteiger charge is 2.18. The molecule has 0 heterocycles. The second kappa shape index (κ2) is 13.1. The summed E-state index contributed by atoms with van der Waals surface area (Å²) in [6.45, 7) is 4.93. The number of carbonyl (C=O) groups is 1. The van der Waals surface area contributed by atoms with Gasteiger partial charge in [0, 0.05) is 0 Å². The molecule has 0 radical (unpaired) electrons. The Kier molecular flexibility index (Phi) is 9.87. The Bertz CT molecular complexity index is 828. The van der Waals surface area contributed by atoms with E-state index in [0.717, 1.165) is 18.1 Å². The van der Waals surface area contributed by atoms with Crippen LogP contribution in [0.3, 0.4) is 0 Å². The van der Waals surface area contributed by atoms with E-state index in [0.29, 0.717) is 23.8 Å². The van der Waals surface area contributed by atoms with E-state index in [1.54, 1.807) is 12.1 Å². The van der Waals surface area contributed by atoms with Crippen molar-refractivity contribution in [2.45, 2.75) is 71.6 Å². The van der Waals surface area contributed by atoms with Crippen molar-refractivity contribution in [3.63, 3.8) is 0 Å². The molecule has 2 aromatic carbocycles. The number of hydrogen-bond acceptors (Lipinski definition) is 3. The Balaban J connectivity index is 1.37. The molecule has 0 aromatic heterocycles. The van der Waals surface area contributed by atoms with Crippen molar-refractivity contribution in [1.82, 2.24) is 0 Å². The monoisotopic (exact) mass is 434 g/mol. The smallest absolute Gasteiger partial charge is 0.343 e. The highest BCUT2D eigenvalue weighted by Crippen LogP contribution is 2.32. The summed E-state index contributed by atoms with van der Waals surface area (Å²) < 4.78 is 11.3. The summed E-state index contributed by atoms with van der Waals surface area (Å²) in [5.41, 5.74) is 1.73. The summed E-state index contributed by atoms with van der Waals surface area (Å²) in [6, 6.07) is 14.8. The number of carbonyl (C=O) groups excluding carboxylic acids is 1. The lowest BCUT2D eigenvalue weighted by Crippen LogP contribution is -2.13. The molecule has 2 aromatic rings. The van der Waals surface area contributed by atoms with E-state index in [-0.39, 0.29) is 5.97 Å². The molecule has 0 bridgehead atoms. The van der Waals surface area contributed by atoms with Crippen molar-refractivity contribution in [1.29, 1.82) is 0 Å². The Morgan fingerprint density at radius 3 is 2.25 bits per heavy atom. The lowest BCUT2D eigenvalue weighted by Gasteiger charge is -2.26. The van der Waals surface area contributed by atoms with Gasteiger partial charge in [0.2, 0.25) is 0 Å². The number of allylic oxidation sites excluding steroid dienone is 1. The van der Waals surface area contributed by atoms with Gasteiger partial charge in [0.1, 0.15) is 18.1 Å². The van der Waals surface area contributed by atoms with Gasteiger partial charge in [-0.2, -0.15) is 0 Å². The minimum atomic E-state index is -0.356. The van der Waals surface area contributed by atoms with Crippen LogP contribution in [0.2, 0.25) is 0 Å². The molecule has 0 saturated heterocycles.